The number of hydrogen-bond acceptors (Lipinski definition) is 5. The average molecular weight is 449 g/mol. The molecule has 1 aromatic heterocycles. The van der Waals surface area contributed by atoms with Gasteiger partial charge in [0.05, 0.1) is 10.2 Å². The van der Waals surface area contributed by atoms with Gasteiger partial charge in [0, 0.05) is 22.6 Å². The van der Waals surface area contributed by atoms with Gasteiger partial charge in [0.1, 0.15) is 0 Å². The number of anilines is 2. The first-order valence-corrected chi connectivity index (χ1v) is 9.48. The van der Waals surface area contributed by atoms with Crippen molar-refractivity contribution in [3.63, 3.8) is 0 Å². The van der Waals surface area contributed by atoms with Gasteiger partial charge >= 0.3 is 0 Å². The molecule has 1 heterocycles. The minimum atomic E-state index is -0.308. The van der Waals surface area contributed by atoms with E-state index in [-0.39, 0.29) is 16.9 Å². The number of hydrogen-bond donors (Lipinski definition) is 3. The van der Waals surface area contributed by atoms with Gasteiger partial charge in [0.15, 0.2) is 10.2 Å². The summed E-state index contributed by atoms with van der Waals surface area (Å²) in [4.78, 5) is 27.8. The Hall–Kier alpha value is -2.36. The third-order valence-electron chi connectivity index (χ3n) is 3.24. The number of aromatic nitrogens is 1. The summed E-state index contributed by atoms with van der Waals surface area (Å²) in [6, 6.07) is 12.4. The maximum absolute atomic E-state index is 12.2. The Bertz CT molecular complexity index is 1020. The monoisotopic (exact) mass is 448 g/mol. The van der Waals surface area contributed by atoms with Crippen LogP contribution >= 0.6 is 39.5 Å². The lowest BCUT2D eigenvalue weighted by Crippen LogP contribution is -2.34. The summed E-state index contributed by atoms with van der Waals surface area (Å²) in [6.07, 6.45) is 0. The van der Waals surface area contributed by atoms with Crippen molar-refractivity contribution in [2.75, 3.05) is 10.6 Å². The molecular formula is C17H13BrN4O2S2. The van der Waals surface area contributed by atoms with E-state index in [2.05, 4.69) is 36.9 Å². The molecule has 0 bridgehead atoms. The van der Waals surface area contributed by atoms with Crippen LogP contribution in [0.2, 0.25) is 0 Å². The molecule has 2 amide bonds. The fourth-order valence-corrected chi connectivity index (χ4v) is 3.76. The van der Waals surface area contributed by atoms with E-state index in [0.29, 0.717) is 16.4 Å². The molecule has 0 aliphatic carbocycles. The zero-order chi connectivity index (χ0) is 18.7. The van der Waals surface area contributed by atoms with Gasteiger partial charge < -0.3 is 10.6 Å². The molecule has 2 aromatic carbocycles. The summed E-state index contributed by atoms with van der Waals surface area (Å²) in [5.74, 6) is -0.443. The number of nitrogens with one attached hydrogen (secondary N) is 3. The second-order valence-electron chi connectivity index (χ2n) is 5.30. The third-order valence-corrected chi connectivity index (χ3v) is 4.87. The molecule has 0 atom stereocenters. The fraction of sp³-hybridized carbons (Fsp3) is 0.0588. The lowest BCUT2D eigenvalue weighted by Gasteiger charge is -2.07. The van der Waals surface area contributed by atoms with Gasteiger partial charge in [0.25, 0.3) is 5.91 Å². The van der Waals surface area contributed by atoms with Gasteiger partial charge in [-0.25, -0.2) is 4.98 Å². The van der Waals surface area contributed by atoms with Crippen LogP contribution in [-0.2, 0) is 4.79 Å². The number of amides is 2. The zero-order valence-corrected chi connectivity index (χ0v) is 16.7. The molecule has 0 radical (unpaired) electrons. The summed E-state index contributed by atoms with van der Waals surface area (Å²) in [6.45, 7) is 1.45. The second-order valence-corrected chi connectivity index (χ2v) is 7.66. The number of nitrogens with zero attached hydrogens (tertiary/aromatic N) is 1. The molecule has 0 saturated carbocycles. The number of rotatable bonds is 3. The fourth-order valence-electron chi connectivity index (χ4n) is 2.19. The van der Waals surface area contributed by atoms with Crippen molar-refractivity contribution in [1.29, 1.82) is 0 Å². The van der Waals surface area contributed by atoms with Crippen LogP contribution in [0.25, 0.3) is 10.2 Å². The molecule has 0 unspecified atom stereocenters. The van der Waals surface area contributed by atoms with Gasteiger partial charge in [-0.2, -0.15) is 0 Å². The second kappa shape index (κ2) is 7.90. The van der Waals surface area contributed by atoms with Gasteiger partial charge in [0.2, 0.25) is 5.91 Å². The molecule has 3 rings (SSSR count). The Balaban J connectivity index is 1.69. The summed E-state index contributed by atoms with van der Waals surface area (Å²) < 4.78 is 1.70. The summed E-state index contributed by atoms with van der Waals surface area (Å²) >= 11 is 9.89. The van der Waals surface area contributed by atoms with E-state index in [1.807, 2.05) is 18.2 Å². The normalized spacial score (nSPS) is 10.4. The Kier molecular flexibility index (Phi) is 5.60. The lowest BCUT2D eigenvalue weighted by molar-refractivity contribution is -0.114. The molecule has 3 aromatic rings. The number of fused-ring (bicyclic) bond motifs is 1. The summed E-state index contributed by atoms with van der Waals surface area (Å²) in [7, 11) is 0. The highest BCUT2D eigenvalue weighted by atomic mass is 79.9. The Labute approximate surface area is 167 Å². The molecular weight excluding hydrogens is 436 g/mol. The molecule has 3 N–H and O–H groups in total. The topological polar surface area (TPSA) is 83.1 Å². The van der Waals surface area contributed by atoms with Crippen molar-refractivity contribution in [3.8, 4) is 0 Å². The smallest absolute Gasteiger partial charge is 0.257 e. The Morgan fingerprint density at radius 2 is 1.96 bits per heavy atom. The largest absolute Gasteiger partial charge is 0.326 e. The van der Waals surface area contributed by atoms with Crippen LogP contribution in [0, 0.1) is 0 Å². The van der Waals surface area contributed by atoms with Crippen LogP contribution in [0.3, 0.4) is 0 Å². The van der Waals surface area contributed by atoms with Crippen LogP contribution in [0.1, 0.15) is 17.3 Å². The number of carbonyl (C=O) groups is 2. The van der Waals surface area contributed by atoms with E-state index in [1.54, 1.807) is 24.3 Å². The number of carbonyl (C=O) groups excluding carboxylic acids is 2. The quantitative estimate of drug-likeness (QED) is 0.524. The molecule has 0 spiro atoms. The highest BCUT2D eigenvalue weighted by Crippen LogP contribution is 2.28. The highest BCUT2D eigenvalue weighted by molar-refractivity contribution is 9.10. The van der Waals surface area contributed by atoms with Crippen molar-refractivity contribution in [3.05, 3.63) is 52.5 Å². The molecule has 26 heavy (non-hydrogen) atoms. The van der Waals surface area contributed by atoms with Crippen molar-refractivity contribution >= 4 is 77.4 Å². The first-order chi connectivity index (χ1) is 12.4. The predicted molar refractivity (Wildman–Crippen MR) is 112 cm³/mol. The minimum Gasteiger partial charge on any atom is -0.326 e. The van der Waals surface area contributed by atoms with Crippen LogP contribution < -0.4 is 16.0 Å². The van der Waals surface area contributed by atoms with Crippen molar-refractivity contribution in [1.82, 2.24) is 10.3 Å². The Morgan fingerprint density at radius 1 is 1.15 bits per heavy atom. The van der Waals surface area contributed by atoms with E-state index in [1.165, 1.54) is 18.3 Å². The lowest BCUT2D eigenvalue weighted by atomic mass is 10.2. The van der Waals surface area contributed by atoms with Gasteiger partial charge in [-0.05, 0) is 48.6 Å². The molecule has 6 nitrogen and oxygen atoms in total. The number of benzene rings is 2. The van der Waals surface area contributed by atoms with E-state index >= 15 is 0 Å². The van der Waals surface area contributed by atoms with Crippen molar-refractivity contribution in [2.24, 2.45) is 0 Å². The SMILES string of the molecule is CC(=O)Nc1ccc2nc(NC(=S)NC(=O)c3cccc(Br)c3)sc2c1. The average Bonchev–Trinajstić information content (AvgIpc) is 2.95. The van der Waals surface area contributed by atoms with E-state index < -0.39 is 0 Å². The number of thiocarbonyl (C=S) groups is 1. The summed E-state index contributed by atoms with van der Waals surface area (Å²) in [5.41, 5.74) is 1.96. The first kappa shape index (κ1) is 18.4. The van der Waals surface area contributed by atoms with E-state index in [4.69, 9.17) is 12.2 Å². The maximum Gasteiger partial charge on any atom is 0.257 e. The van der Waals surface area contributed by atoms with Crippen molar-refractivity contribution in [2.45, 2.75) is 6.92 Å². The third kappa shape index (κ3) is 4.63. The van der Waals surface area contributed by atoms with Crippen molar-refractivity contribution < 1.29 is 9.59 Å². The molecule has 9 heteroatoms. The maximum atomic E-state index is 12.2. The number of thiazole rings is 1. The van der Waals surface area contributed by atoms with Gasteiger partial charge in [-0.1, -0.05) is 33.3 Å². The van der Waals surface area contributed by atoms with Gasteiger partial charge in [-0.3, -0.25) is 14.9 Å². The molecule has 0 aliphatic rings. The molecule has 0 aliphatic heterocycles. The summed E-state index contributed by atoms with van der Waals surface area (Å²) in [5, 5.41) is 8.99. The molecule has 132 valence electrons. The zero-order valence-electron chi connectivity index (χ0n) is 13.5. The van der Waals surface area contributed by atoms with Crippen LogP contribution in [-0.4, -0.2) is 21.9 Å². The van der Waals surface area contributed by atoms with Gasteiger partial charge in [-0.15, -0.1) is 0 Å². The van der Waals surface area contributed by atoms with E-state index in [0.717, 1.165) is 14.7 Å². The minimum absolute atomic E-state index is 0.136. The Morgan fingerprint density at radius 3 is 2.69 bits per heavy atom. The molecule has 0 saturated heterocycles. The van der Waals surface area contributed by atoms with E-state index in [9.17, 15) is 9.59 Å². The number of halogens is 1. The predicted octanol–water partition coefficient (Wildman–Crippen LogP) is 4.14. The van der Waals surface area contributed by atoms with Crippen LogP contribution in [0.4, 0.5) is 10.8 Å². The highest BCUT2D eigenvalue weighted by Gasteiger charge is 2.11. The first-order valence-electron chi connectivity index (χ1n) is 7.47. The van der Waals surface area contributed by atoms with Crippen LogP contribution in [0.5, 0.6) is 0 Å². The molecule has 0 fully saturated rings. The van der Waals surface area contributed by atoms with Crippen LogP contribution in [0.15, 0.2) is 46.9 Å². The standard InChI is InChI=1S/C17H13BrN4O2S2/c1-9(23)19-12-5-6-13-14(8-12)26-17(20-13)22-16(25)21-15(24)10-3-2-4-11(18)7-10/h2-8H,1H3,(H,19,23)(H2,20,21,22,24,25).